The molecule has 2 N–H and O–H groups in total. The van der Waals surface area contributed by atoms with E-state index in [-0.39, 0.29) is 5.41 Å². The van der Waals surface area contributed by atoms with Crippen LogP contribution in [0, 0.1) is 0 Å². The molecule has 6 nitrogen and oxygen atoms in total. The fourth-order valence-corrected chi connectivity index (χ4v) is 4.38. The van der Waals surface area contributed by atoms with Gasteiger partial charge in [0.05, 0.1) is 22.9 Å². The smallest absolute Gasteiger partial charge is 0.220 e. The van der Waals surface area contributed by atoms with Crippen LogP contribution in [-0.2, 0) is 11.8 Å². The Balaban J connectivity index is 1.52. The largest absolute Gasteiger partial charge is 0.368 e. The van der Waals surface area contributed by atoms with Crippen molar-refractivity contribution >= 4 is 22.8 Å². The normalized spacial score (nSPS) is 22.5. The van der Waals surface area contributed by atoms with E-state index in [0.29, 0.717) is 5.95 Å². The van der Waals surface area contributed by atoms with Crippen molar-refractivity contribution in [2.24, 2.45) is 0 Å². The quantitative estimate of drug-likeness (QED) is 0.737. The molecule has 1 aliphatic heterocycles. The molecular weight excluding hydrogens is 312 g/mol. The summed E-state index contributed by atoms with van der Waals surface area (Å²) in [5.41, 5.74) is 10.2. The Morgan fingerprint density at radius 2 is 1.88 bits per heavy atom. The van der Waals surface area contributed by atoms with Gasteiger partial charge in [-0.1, -0.05) is 12.1 Å². The summed E-state index contributed by atoms with van der Waals surface area (Å²) in [6.45, 7) is 1.92. The van der Waals surface area contributed by atoms with Crippen LogP contribution in [-0.4, -0.2) is 33.0 Å². The molecule has 0 radical (unpaired) electrons. The molecule has 25 heavy (non-hydrogen) atoms. The molecule has 1 fully saturated rings. The summed E-state index contributed by atoms with van der Waals surface area (Å²) < 4.78 is 0. The van der Waals surface area contributed by atoms with Gasteiger partial charge in [-0.2, -0.15) is 0 Å². The Morgan fingerprint density at radius 3 is 2.80 bits per heavy atom. The number of hydrogen-bond acceptors (Lipinski definition) is 6. The van der Waals surface area contributed by atoms with E-state index in [4.69, 9.17) is 10.7 Å². The highest BCUT2D eigenvalue weighted by molar-refractivity contribution is 5.75. The molecule has 2 aromatic heterocycles. The minimum atomic E-state index is 0.0674. The van der Waals surface area contributed by atoms with Crippen LogP contribution in [0.4, 0.5) is 11.8 Å². The zero-order chi connectivity index (χ0) is 16.9. The van der Waals surface area contributed by atoms with Gasteiger partial charge in [0.2, 0.25) is 5.95 Å². The highest BCUT2D eigenvalue weighted by Gasteiger charge is 2.44. The lowest BCUT2D eigenvalue weighted by atomic mass is 9.77. The van der Waals surface area contributed by atoms with Crippen molar-refractivity contribution in [2.45, 2.75) is 31.1 Å². The molecule has 1 saturated heterocycles. The maximum absolute atomic E-state index is 5.87. The summed E-state index contributed by atoms with van der Waals surface area (Å²) in [4.78, 5) is 20.6. The molecule has 1 unspecified atom stereocenters. The lowest BCUT2D eigenvalue weighted by Crippen LogP contribution is -2.46. The Kier molecular flexibility index (Phi) is 3.13. The molecule has 0 amide bonds. The number of hydrogen-bond donors (Lipinski definition) is 1. The summed E-state index contributed by atoms with van der Waals surface area (Å²) >= 11 is 0. The second-order valence-electron chi connectivity index (χ2n) is 7.12. The summed E-state index contributed by atoms with van der Waals surface area (Å²) in [5.74, 6) is 1.33. The average molecular weight is 332 g/mol. The monoisotopic (exact) mass is 332 g/mol. The van der Waals surface area contributed by atoms with Crippen molar-refractivity contribution in [2.75, 3.05) is 23.7 Å². The van der Waals surface area contributed by atoms with Gasteiger partial charge in [-0.15, -0.1) is 0 Å². The van der Waals surface area contributed by atoms with Crippen molar-refractivity contribution < 1.29 is 0 Å². The first-order valence-corrected chi connectivity index (χ1v) is 8.82. The number of aryl methyl sites for hydroxylation is 1. The van der Waals surface area contributed by atoms with E-state index in [1.54, 1.807) is 0 Å². The van der Waals surface area contributed by atoms with Crippen LogP contribution in [0.15, 0.2) is 36.7 Å². The van der Waals surface area contributed by atoms with Crippen LogP contribution in [0.2, 0.25) is 0 Å². The molecular formula is C19H20N6. The lowest BCUT2D eigenvalue weighted by Gasteiger charge is -2.41. The molecule has 1 aliphatic carbocycles. The molecule has 0 bridgehead atoms. The number of aromatic nitrogens is 4. The molecule has 1 spiro atoms. The van der Waals surface area contributed by atoms with Gasteiger partial charge in [0.1, 0.15) is 5.82 Å². The fraction of sp³-hybridized carbons (Fsp3) is 0.368. The molecule has 2 aliphatic rings. The number of piperidine rings is 1. The van der Waals surface area contributed by atoms with E-state index in [0.717, 1.165) is 61.3 Å². The molecule has 6 heteroatoms. The predicted octanol–water partition coefficient (Wildman–Crippen LogP) is 2.49. The summed E-state index contributed by atoms with van der Waals surface area (Å²) in [6.07, 6.45) is 8.21. The number of benzene rings is 1. The second kappa shape index (κ2) is 5.37. The van der Waals surface area contributed by atoms with E-state index in [9.17, 15) is 0 Å². The van der Waals surface area contributed by atoms with Crippen LogP contribution in [0.1, 0.15) is 30.5 Å². The third-order valence-corrected chi connectivity index (χ3v) is 5.60. The van der Waals surface area contributed by atoms with Gasteiger partial charge in [0.15, 0.2) is 0 Å². The third kappa shape index (κ3) is 2.32. The van der Waals surface area contributed by atoms with Gasteiger partial charge in [0, 0.05) is 24.7 Å². The second-order valence-corrected chi connectivity index (χ2v) is 7.12. The first-order valence-electron chi connectivity index (χ1n) is 8.82. The predicted molar refractivity (Wildman–Crippen MR) is 97.4 cm³/mol. The Morgan fingerprint density at radius 1 is 1.00 bits per heavy atom. The fourth-order valence-electron chi connectivity index (χ4n) is 4.38. The van der Waals surface area contributed by atoms with Gasteiger partial charge in [0.25, 0.3) is 0 Å². The molecule has 1 atom stereocenters. The average Bonchev–Trinajstić information content (AvgIpc) is 2.99. The van der Waals surface area contributed by atoms with Gasteiger partial charge in [-0.25, -0.2) is 15.0 Å². The molecule has 3 aromatic rings. The van der Waals surface area contributed by atoms with E-state index < -0.39 is 0 Å². The number of nitrogens with two attached hydrogens (primary N) is 1. The number of nitrogens with zero attached hydrogens (tertiary/aromatic N) is 5. The minimum absolute atomic E-state index is 0.0674. The van der Waals surface area contributed by atoms with Crippen molar-refractivity contribution in [3.63, 3.8) is 0 Å². The summed E-state index contributed by atoms with van der Waals surface area (Å²) in [5, 5.41) is 0. The van der Waals surface area contributed by atoms with Crippen LogP contribution in [0.3, 0.4) is 0 Å². The maximum atomic E-state index is 5.87. The standard InChI is InChI=1S/C19H20N6/c20-18-22-10-13-6-8-19(17(13)24-18)7-3-9-25(12-19)16-11-21-14-4-1-2-5-15(14)23-16/h1-2,4-5,10-11H,3,6-9,12H2,(H2,20,22,24). The zero-order valence-electron chi connectivity index (χ0n) is 14.0. The number of para-hydroxylation sites is 2. The van der Waals surface area contributed by atoms with Crippen LogP contribution in [0.25, 0.3) is 11.0 Å². The third-order valence-electron chi connectivity index (χ3n) is 5.60. The molecule has 1 aromatic carbocycles. The summed E-state index contributed by atoms with van der Waals surface area (Å²) in [6, 6.07) is 8.01. The first-order chi connectivity index (χ1) is 12.2. The number of rotatable bonds is 1. The first kappa shape index (κ1) is 14.6. The minimum Gasteiger partial charge on any atom is -0.368 e. The van der Waals surface area contributed by atoms with E-state index in [2.05, 4.69) is 19.9 Å². The molecule has 0 saturated carbocycles. The van der Waals surface area contributed by atoms with Crippen molar-refractivity contribution in [1.82, 2.24) is 19.9 Å². The van der Waals surface area contributed by atoms with Gasteiger partial charge in [-0.3, -0.25) is 4.98 Å². The molecule has 126 valence electrons. The van der Waals surface area contributed by atoms with Crippen LogP contribution < -0.4 is 10.6 Å². The van der Waals surface area contributed by atoms with E-state index >= 15 is 0 Å². The van der Waals surface area contributed by atoms with Crippen molar-refractivity contribution in [3.8, 4) is 0 Å². The van der Waals surface area contributed by atoms with E-state index in [1.807, 2.05) is 36.7 Å². The van der Waals surface area contributed by atoms with Gasteiger partial charge < -0.3 is 10.6 Å². The number of nitrogen functional groups attached to an aromatic ring is 1. The summed E-state index contributed by atoms with van der Waals surface area (Å²) in [7, 11) is 0. The Hall–Kier alpha value is -2.76. The van der Waals surface area contributed by atoms with Crippen LogP contribution >= 0.6 is 0 Å². The number of fused-ring (bicyclic) bond motifs is 3. The maximum Gasteiger partial charge on any atom is 0.220 e. The molecule has 3 heterocycles. The van der Waals surface area contributed by atoms with Gasteiger partial charge in [-0.05, 0) is 43.4 Å². The number of anilines is 2. The highest BCUT2D eigenvalue weighted by atomic mass is 15.2. The lowest BCUT2D eigenvalue weighted by molar-refractivity contribution is 0.333. The van der Waals surface area contributed by atoms with Gasteiger partial charge >= 0.3 is 0 Å². The van der Waals surface area contributed by atoms with E-state index in [1.165, 1.54) is 5.56 Å². The van der Waals surface area contributed by atoms with Crippen molar-refractivity contribution in [1.29, 1.82) is 0 Å². The topological polar surface area (TPSA) is 80.8 Å². The van der Waals surface area contributed by atoms with Crippen molar-refractivity contribution in [3.05, 3.63) is 47.9 Å². The zero-order valence-corrected chi connectivity index (χ0v) is 14.0. The Labute approximate surface area is 146 Å². The highest BCUT2D eigenvalue weighted by Crippen LogP contribution is 2.44. The molecule has 5 rings (SSSR count). The Bertz CT molecular complexity index is 952. The van der Waals surface area contributed by atoms with Crippen LogP contribution in [0.5, 0.6) is 0 Å². The SMILES string of the molecule is Nc1ncc2c(n1)C1(CCCN(c3cnc4ccccc4n3)C1)CC2.